The van der Waals surface area contributed by atoms with Gasteiger partial charge in [0.05, 0.1) is 0 Å². The molecule has 0 bridgehead atoms. The fraction of sp³-hybridized carbons (Fsp3) is 0.579. The van der Waals surface area contributed by atoms with Crippen LogP contribution in [0.15, 0.2) is 24.3 Å². The van der Waals surface area contributed by atoms with Crippen LogP contribution < -0.4 is 10.6 Å². The van der Waals surface area contributed by atoms with Crippen molar-refractivity contribution in [1.82, 2.24) is 15.1 Å². The van der Waals surface area contributed by atoms with E-state index in [9.17, 15) is 9.59 Å². The summed E-state index contributed by atoms with van der Waals surface area (Å²) in [5.74, 6) is 0.572. The number of nitrogens with zero attached hydrogens (tertiary/aromatic N) is 2. The number of urea groups is 1. The number of nitrogens with one attached hydrogen (secondary N) is 2. The van der Waals surface area contributed by atoms with Crippen molar-refractivity contribution in [2.24, 2.45) is 5.92 Å². The Labute approximate surface area is 150 Å². The third-order valence-corrected chi connectivity index (χ3v) is 4.73. The van der Waals surface area contributed by atoms with Crippen molar-refractivity contribution in [1.29, 1.82) is 0 Å². The molecule has 1 aliphatic heterocycles. The van der Waals surface area contributed by atoms with Crippen LogP contribution in [0.4, 0.5) is 10.5 Å². The number of anilines is 1. The molecule has 2 N–H and O–H groups in total. The van der Waals surface area contributed by atoms with Crippen LogP contribution in [0, 0.1) is 5.92 Å². The van der Waals surface area contributed by atoms with Gasteiger partial charge in [-0.15, -0.1) is 0 Å². The predicted octanol–water partition coefficient (Wildman–Crippen LogP) is 2.17. The molecule has 3 amide bonds. The largest absolute Gasteiger partial charge is 0.359 e. The van der Waals surface area contributed by atoms with E-state index in [1.807, 2.05) is 36.1 Å². The quantitative estimate of drug-likeness (QED) is 0.795. The van der Waals surface area contributed by atoms with Crippen LogP contribution in [0.1, 0.15) is 25.3 Å². The fourth-order valence-electron chi connectivity index (χ4n) is 3.23. The number of amides is 3. The van der Waals surface area contributed by atoms with Gasteiger partial charge in [0, 0.05) is 38.8 Å². The first kappa shape index (κ1) is 19.2. The molecule has 0 aromatic heterocycles. The number of likely N-dealkylation sites (tertiary alicyclic amines) is 1. The average Bonchev–Trinajstić information content (AvgIpc) is 3.02. The number of hydrogen-bond donors (Lipinski definition) is 2. The molecule has 138 valence electrons. The van der Waals surface area contributed by atoms with Crippen LogP contribution in [-0.4, -0.2) is 62.0 Å². The van der Waals surface area contributed by atoms with E-state index in [1.165, 1.54) is 0 Å². The number of hydrogen-bond acceptors (Lipinski definition) is 3. The molecule has 1 atom stereocenters. The van der Waals surface area contributed by atoms with Crippen molar-refractivity contribution >= 4 is 17.6 Å². The van der Waals surface area contributed by atoms with Gasteiger partial charge in [-0.25, -0.2) is 4.79 Å². The molecule has 0 radical (unpaired) electrons. The highest BCUT2D eigenvalue weighted by molar-refractivity contribution is 5.89. The maximum absolute atomic E-state index is 12.6. The molecular formula is C19H30N4O2. The molecule has 1 aliphatic rings. The number of rotatable bonds is 7. The lowest BCUT2D eigenvalue weighted by molar-refractivity contribution is -0.120. The van der Waals surface area contributed by atoms with E-state index in [1.54, 1.807) is 7.05 Å². The Balaban J connectivity index is 1.90. The van der Waals surface area contributed by atoms with E-state index in [4.69, 9.17) is 0 Å². The average molecular weight is 346 g/mol. The Morgan fingerprint density at radius 2 is 2.16 bits per heavy atom. The van der Waals surface area contributed by atoms with Crippen molar-refractivity contribution in [2.75, 3.05) is 45.6 Å². The lowest BCUT2D eigenvalue weighted by Crippen LogP contribution is -2.38. The Hall–Kier alpha value is -2.08. The SMILES string of the molecule is CCN(C[C@H]1CCN(C)C1)C(=O)Nc1cccc(CCC(=O)NC)c1. The third-order valence-electron chi connectivity index (χ3n) is 4.73. The molecule has 0 unspecified atom stereocenters. The Kier molecular flexibility index (Phi) is 7.25. The molecule has 1 heterocycles. The minimum absolute atomic E-state index is 0.0214. The van der Waals surface area contributed by atoms with Crippen molar-refractivity contribution < 1.29 is 9.59 Å². The molecule has 1 aromatic carbocycles. The van der Waals surface area contributed by atoms with Crippen LogP contribution >= 0.6 is 0 Å². The molecule has 6 nitrogen and oxygen atoms in total. The number of aryl methyl sites for hydroxylation is 1. The van der Waals surface area contributed by atoms with E-state index in [0.29, 0.717) is 25.3 Å². The van der Waals surface area contributed by atoms with E-state index in [-0.39, 0.29) is 11.9 Å². The summed E-state index contributed by atoms with van der Waals surface area (Å²) in [5, 5.41) is 5.62. The Morgan fingerprint density at radius 1 is 1.36 bits per heavy atom. The van der Waals surface area contributed by atoms with E-state index < -0.39 is 0 Å². The van der Waals surface area contributed by atoms with Crippen LogP contribution in [0.2, 0.25) is 0 Å². The lowest BCUT2D eigenvalue weighted by Gasteiger charge is -2.24. The van der Waals surface area contributed by atoms with Crippen LogP contribution in [-0.2, 0) is 11.2 Å². The summed E-state index contributed by atoms with van der Waals surface area (Å²) in [6, 6.07) is 7.67. The molecule has 2 rings (SSSR count). The van der Waals surface area contributed by atoms with Gasteiger partial charge >= 0.3 is 6.03 Å². The highest BCUT2D eigenvalue weighted by atomic mass is 16.2. The van der Waals surface area contributed by atoms with Gasteiger partial charge in [0.25, 0.3) is 0 Å². The minimum Gasteiger partial charge on any atom is -0.359 e. The maximum Gasteiger partial charge on any atom is 0.321 e. The van der Waals surface area contributed by atoms with Crippen LogP contribution in [0.25, 0.3) is 0 Å². The maximum atomic E-state index is 12.6. The molecule has 0 saturated carbocycles. The molecule has 1 saturated heterocycles. The van der Waals surface area contributed by atoms with Crippen molar-refractivity contribution in [2.45, 2.75) is 26.2 Å². The summed E-state index contributed by atoms with van der Waals surface area (Å²) in [4.78, 5) is 28.1. The highest BCUT2D eigenvalue weighted by Gasteiger charge is 2.23. The Bertz CT molecular complexity index is 591. The summed E-state index contributed by atoms with van der Waals surface area (Å²) in [6.45, 7) is 5.67. The zero-order valence-electron chi connectivity index (χ0n) is 15.5. The first-order chi connectivity index (χ1) is 12.0. The lowest BCUT2D eigenvalue weighted by atomic mass is 10.1. The zero-order chi connectivity index (χ0) is 18.2. The molecule has 0 aliphatic carbocycles. The van der Waals surface area contributed by atoms with Gasteiger partial charge in [-0.3, -0.25) is 4.79 Å². The summed E-state index contributed by atoms with van der Waals surface area (Å²) < 4.78 is 0. The summed E-state index contributed by atoms with van der Waals surface area (Å²) >= 11 is 0. The van der Waals surface area contributed by atoms with Crippen molar-refractivity contribution in [3.8, 4) is 0 Å². The monoisotopic (exact) mass is 346 g/mol. The normalized spacial score (nSPS) is 17.3. The highest BCUT2D eigenvalue weighted by Crippen LogP contribution is 2.17. The van der Waals surface area contributed by atoms with Crippen molar-refractivity contribution in [3.05, 3.63) is 29.8 Å². The first-order valence-corrected chi connectivity index (χ1v) is 9.05. The van der Waals surface area contributed by atoms with Crippen molar-refractivity contribution in [3.63, 3.8) is 0 Å². The molecule has 1 fully saturated rings. The minimum atomic E-state index is -0.0551. The number of carbonyl (C=O) groups is 2. The summed E-state index contributed by atoms with van der Waals surface area (Å²) in [5.41, 5.74) is 1.82. The van der Waals surface area contributed by atoms with Crippen LogP contribution in [0.5, 0.6) is 0 Å². The first-order valence-electron chi connectivity index (χ1n) is 9.05. The van der Waals surface area contributed by atoms with Gasteiger partial charge in [0.1, 0.15) is 0 Å². The topological polar surface area (TPSA) is 64.7 Å². The van der Waals surface area contributed by atoms with E-state index >= 15 is 0 Å². The summed E-state index contributed by atoms with van der Waals surface area (Å²) in [6.07, 6.45) is 2.26. The number of carbonyl (C=O) groups excluding carboxylic acids is 2. The molecule has 25 heavy (non-hydrogen) atoms. The van der Waals surface area contributed by atoms with Gasteiger partial charge in [-0.2, -0.15) is 0 Å². The third kappa shape index (κ3) is 6.05. The molecule has 6 heteroatoms. The molecule has 1 aromatic rings. The standard InChI is InChI=1S/C19H30N4O2/c1-4-23(14-16-10-11-22(3)13-16)19(25)21-17-7-5-6-15(12-17)8-9-18(24)20-2/h5-7,12,16H,4,8-11,13-14H2,1-3H3,(H,20,24)(H,21,25)/t16-/m0/s1. The summed E-state index contributed by atoms with van der Waals surface area (Å²) in [7, 11) is 3.76. The second-order valence-corrected chi connectivity index (χ2v) is 6.76. The Morgan fingerprint density at radius 3 is 2.80 bits per heavy atom. The fourth-order valence-corrected chi connectivity index (χ4v) is 3.23. The van der Waals surface area contributed by atoms with E-state index in [0.717, 1.165) is 37.3 Å². The van der Waals surface area contributed by atoms with E-state index in [2.05, 4.69) is 22.6 Å². The predicted molar refractivity (Wildman–Crippen MR) is 101 cm³/mol. The molecule has 0 spiro atoms. The van der Waals surface area contributed by atoms with Crippen LogP contribution in [0.3, 0.4) is 0 Å². The van der Waals surface area contributed by atoms with Gasteiger partial charge in [-0.1, -0.05) is 12.1 Å². The second kappa shape index (κ2) is 9.42. The van der Waals surface area contributed by atoms with Gasteiger partial charge < -0.3 is 20.4 Å². The molecular weight excluding hydrogens is 316 g/mol. The van der Waals surface area contributed by atoms with Gasteiger partial charge in [0.15, 0.2) is 0 Å². The zero-order valence-corrected chi connectivity index (χ0v) is 15.5. The van der Waals surface area contributed by atoms with Gasteiger partial charge in [-0.05, 0) is 57.0 Å². The number of benzene rings is 1. The van der Waals surface area contributed by atoms with Gasteiger partial charge in [0.2, 0.25) is 5.91 Å². The second-order valence-electron chi connectivity index (χ2n) is 6.76. The smallest absolute Gasteiger partial charge is 0.321 e.